The molecule has 0 aromatic heterocycles. The minimum Gasteiger partial charge on any atom is -0.466 e. The Labute approximate surface area is 74.6 Å². The van der Waals surface area contributed by atoms with E-state index in [1.54, 1.807) is 6.92 Å². The van der Waals surface area contributed by atoms with Crippen molar-refractivity contribution in [2.45, 2.75) is 34.6 Å². The van der Waals surface area contributed by atoms with E-state index in [0.29, 0.717) is 5.57 Å². The number of esters is 1. The van der Waals surface area contributed by atoms with Crippen LogP contribution in [-0.2, 0) is 9.53 Å². The molecule has 0 saturated carbocycles. The number of carbonyl (C=O) groups is 1. The van der Waals surface area contributed by atoms with Gasteiger partial charge in [0, 0.05) is 5.57 Å². The summed E-state index contributed by atoms with van der Waals surface area (Å²) in [5.74, 6) is -0.234. The average Bonchev–Trinajstić information content (AvgIpc) is 1.98. The lowest BCUT2D eigenvalue weighted by atomic mass is 9.85. The molecule has 0 atom stereocenters. The highest BCUT2D eigenvalue weighted by Crippen LogP contribution is 2.27. The van der Waals surface area contributed by atoms with Crippen LogP contribution in [0.4, 0.5) is 0 Å². The van der Waals surface area contributed by atoms with Crippen LogP contribution in [0.5, 0.6) is 0 Å². The van der Waals surface area contributed by atoms with E-state index in [0.717, 1.165) is 5.57 Å². The van der Waals surface area contributed by atoms with Crippen LogP contribution in [0.2, 0.25) is 0 Å². The summed E-state index contributed by atoms with van der Waals surface area (Å²) in [6.45, 7) is 10.00. The third kappa shape index (κ3) is 2.68. The van der Waals surface area contributed by atoms with Crippen LogP contribution in [0, 0.1) is 5.41 Å². The SMILES string of the molecule is COC(=O)/C(C)=C(\C)C(C)(C)C. The Morgan fingerprint density at radius 3 is 1.83 bits per heavy atom. The third-order valence-electron chi connectivity index (χ3n) is 2.18. The normalized spacial score (nSPS) is 13.8. The summed E-state index contributed by atoms with van der Waals surface area (Å²) in [4.78, 5) is 11.1. The Kier molecular flexibility index (Phi) is 3.50. The van der Waals surface area contributed by atoms with Gasteiger partial charge in [-0.25, -0.2) is 4.79 Å². The van der Waals surface area contributed by atoms with Crippen LogP contribution in [0.15, 0.2) is 11.1 Å². The fraction of sp³-hybridized carbons (Fsp3) is 0.700. The second-order valence-electron chi connectivity index (χ2n) is 3.99. The van der Waals surface area contributed by atoms with E-state index in [1.807, 2.05) is 6.92 Å². The minimum absolute atomic E-state index is 0.0400. The molecule has 0 aliphatic carbocycles. The Morgan fingerprint density at radius 2 is 1.58 bits per heavy atom. The highest BCUT2D eigenvalue weighted by molar-refractivity contribution is 5.88. The van der Waals surface area contributed by atoms with Gasteiger partial charge in [0.15, 0.2) is 0 Å². The molecule has 0 radical (unpaired) electrons. The Balaban J connectivity index is 4.82. The maximum absolute atomic E-state index is 11.1. The molecular weight excluding hydrogens is 152 g/mol. The van der Waals surface area contributed by atoms with Crippen molar-refractivity contribution in [3.05, 3.63) is 11.1 Å². The molecule has 0 spiro atoms. The van der Waals surface area contributed by atoms with Crippen molar-refractivity contribution in [1.29, 1.82) is 0 Å². The number of ether oxygens (including phenoxy) is 1. The van der Waals surface area contributed by atoms with Gasteiger partial charge in [-0.05, 0) is 19.3 Å². The maximum Gasteiger partial charge on any atom is 0.333 e. The molecule has 70 valence electrons. The highest BCUT2D eigenvalue weighted by Gasteiger charge is 2.18. The first-order valence-electron chi connectivity index (χ1n) is 4.07. The summed E-state index contributed by atoms with van der Waals surface area (Å²) in [5.41, 5.74) is 1.83. The van der Waals surface area contributed by atoms with Crippen LogP contribution in [0.1, 0.15) is 34.6 Å². The molecule has 0 bridgehead atoms. The molecule has 0 aromatic carbocycles. The molecule has 0 rings (SSSR count). The first-order valence-corrected chi connectivity index (χ1v) is 4.07. The number of allylic oxidation sites excluding steroid dienone is 1. The van der Waals surface area contributed by atoms with E-state index >= 15 is 0 Å². The zero-order valence-corrected chi connectivity index (χ0v) is 8.82. The fourth-order valence-electron chi connectivity index (χ4n) is 0.869. The second-order valence-corrected chi connectivity index (χ2v) is 3.99. The lowest BCUT2D eigenvalue weighted by Crippen LogP contribution is -2.13. The Bertz CT molecular complexity index is 206. The van der Waals surface area contributed by atoms with Gasteiger partial charge in [0.2, 0.25) is 0 Å². The number of hydrogen-bond donors (Lipinski definition) is 0. The van der Waals surface area contributed by atoms with E-state index < -0.39 is 0 Å². The minimum atomic E-state index is -0.234. The third-order valence-corrected chi connectivity index (χ3v) is 2.18. The topological polar surface area (TPSA) is 26.3 Å². The molecular formula is C10H18O2. The van der Waals surface area contributed by atoms with Crippen LogP contribution in [0.25, 0.3) is 0 Å². The number of hydrogen-bond acceptors (Lipinski definition) is 2. The van der Waals surface area contributed by atoms with Gasteiger partial charge in [0.05, 0.1) is 7.11 Å². The summed E-state index contributed by atoms with van der Waals surface area (Å²) in [5, 5.41) is 0. The number of methoxy groups -OCH3 is 1. The molecule has 0 aliphatic rings. The van der Waals surface area contributed by atoms with E-state index in [-0.39, 0.29) is 11.4 Å². The lowest BCUT2D eigenvalue weighted by Gasteiger charge is -2.21. The molecule has 2 heteroatoms. The smallest absolute Gasteiger partial charge is 0.333 e. The summed E-state index contributed by atoms with van der Waals surface area (Å²) in [7, 11) is 1.40. The number of carbonyl (C=O) groups excluding carboxylic acids is 1. The predicted octanol–water partition coefficient (Wildman–Crippen LogP) is 2.54. The summed E-state index contributed by atoms with van der Waals surface area (Å²) in [6.07, 6.45) is 0. The monoisotopic (exact) mass is 170 g/mol. The maximum atomic E-state index is 11.1. The Hall–Kier alpha value is -0.790. The van der Waals surface area contributed by atoms with E-state index in [1.165, 1.54) is 7.11 Å². The van der Waals surface area contributed by atoms with Crippen molar-refractivity contribution in [2.75, 3.05) is 7.11 Å². The van der Waals surface area contributed by atoms with Gasteiger partial charge < -0.3 is 4.74 Å². The molecule has 0 unspecified atom stereocenters. The first kappa shape index (κ1) is 11.2. The van der Waals surface area contributed by atoms with Crippen LogP contribution in [-0.4, -0.2) is 13.1 Å². The van der Waals surface area contributed by atoms with Crippen molar-refractivity contribution in [3.8, 4) is 0 Å². The van der Waals surface area contributed by atoms with Crippen LogP contribution in [0.3, 0.4) is 0 Å². The second kappa shape index (κ2) is 3.74. The largest absolute Gasteiger partial charge is 0.466 e. The molecule has 0 aromatic rings. The summed E-state index contributed by atoms with van der Waals surface area (Å²) in [6, 6.07) is 0. The van der Waals surface area contributed by atoms with Gasteiger partial charge in [-0.15, -0.1) is 0 Å². The first-order chi connectivity index (χ1) is 5.30. The summed E-state index contributed by atoms with van der Waals surface area (Å²) < 4.78 is 4.63. The van der Waals surface area contributed by atoms with E-state index in [2.05, 4.69) is 25.5 Å². The van der Waals surface area contributed by atoms with Gasteiger partial charge in [0.25, 0.3) is 0 Å². The molecule has 12 heavy (non-hydrogen) atoms. The van der Waals surface area contributed by atoms with Gasteiger partial charge in [-0.3, -0.25) is 0 Å². The van der Waals surface area contributed by atoms with Crippen LogP contribution < -0.4 is 0 Å². The zero-order chi connectivity index (χ0) is 9.94. The molecule has 0 saturated heterocycles. The number of rotatable bonds is 1. The molecule has 0 aliphatic heterocycles. The van der Waals surface area contributed by atoms with Crippen molar-refractivity contribution in [1.82, 2.24) is 0 Å². The van der Waals surface area contributed by atoms with Gasteiger partial charge in [0.1, 0.15) is 0 Å². The fourth-order valence-corrected chi connectivity index (χ4v) is 0.869. The van der Waals surface area contributed by atoms with E-state index in [4.69, 9.17) is 0 Å². The average molecular weight is 170 g/mol. The van der Waals surface area contributed by atoms with Crippen molar-refractivity contribution < 1.29 is 9.53 Å². The summed E-state index contributed by atoms with van der Waals surface area (Å²) >= 11 is 0. The Morgan fingerprint density at radius 1 is 1.17 bits per heavy atom. The zero-order valence-electron chi connectivity index (χ0n) is 8.82. The van der Waals surface area contributed by atoms with Gasteiger partial charge in [-0.1, -0.05) is 26.3 Å². The molecule has 0 N–H and O–H groups in total. The van der Waals surface area contributed by atoms with Crippen LogP contribution >= 0.6 is 0 Å². The van der Waals surface area contributed by atoms with Gasteiger partial charge in [-0.2, -0.15) is 0 Å². The van der Waals surface area contributed by atoms with Crippen molar-refractivity contribution >= 4 is 5.97 Å². The predicted molar refractivity (Wildman–Crippen MR) is 49.8 cm³/mol. The lowest BCUT2D eigenvalue weighted by molar-refractivity contribution is -0.136. The molecule has 0 fully saturated rings. The quantitative estimate of drug-likeness (QED) is 0.446. The molecule has 2 nitrogen and oxygen atoms in total. The highest BCUT2D eigenvalue weighted by atomic mass is 16.5. The van der Waals surface area contributed by atoms with Crippen molar-refractivity contribution in [2.24, 2.45) is 5.41 Å². The van der Waals surface area contributed by atoms with Crippen molar-refractivity contribution in [3.63, 3.8) is 0 Å². The standard InChI is InChI=1S/C10H18O2/c1-7(9(11)12-6)8(2)10(3,4)5/h1-6H3/b8-7+. The van der Waals surface area contributed by atoms with Gasteiger partial charge >= 0.3 is 5.97 Å². The molecule has 0 heterocycles. The van der Waals surface area contributed by atoms with E-state index in [9.17, 15) is 4.79 Å². The molecule has 0 amide bonds.